The molecule has 0 fully saturated rings. The maximum Gasteiger partial charge on any atom is 0.227 e. The van der Waals surface area contributed by atoms with E-state index in [2.05, 4.69) is 15.3 Å². The van der Waals surface area contributed by atoms with Gasteiger partial charge in [0.25, 0.3) is 0 Å². The molecular weight excluding hydrogens is 257 g/mol. The zero-order valence-corrected chi connectivity index (χ0v) is 12.1. The minimum atomic E-state index is -0.366. The summed E-state index contributed by atoms with van der Waals surface area (Å²) in [5, 5.41) is 3.00. The smallest absolute Gasteiger partial charge is 0.227 e. The lowest BCUT2D eigenvalue weighted by Crippen LogP contribution is -2.05. The summed E-state index contributed by atoms with van der Waals surface area (Å²) >= 11 is 0. The molecule has 0 unspecified atom stereocenters. The van der Waals surface area contributed by atoms with E-state index < -0.39 is 0 Å². The van der Waals surface area contributed by atoms with Crippen LogP contribution in [0, 0.1) is 19.7 Å². The van der Waals surface area contributed by atoms with E-state index >= 15 is 0 Å². The maximum atomic E-state index is 14.0. The highest BCUT2D eigenvalue weighted by Gasteiger charge is 2.14. The van der Waals surface area contributed by atoms with Crippen LogP contribution in [-0.2, 0) is 6.42 Å². The van der Waals surface area contributed by atoms with Gasteiger partial charge in [0.05, 0.1) is 5.56 Å². The number of aryl methyl sites for hydroxylation is 2. The van der Waals surface area contributed by atoms with Gasteiger partial charge >= 0.3 is 0 Å². The van der Waals surface area contributed by atoms with Crippen LogP contribution in [0.25, 0.3) is 0 Å². The fraction of sp³-hybridized carbons (Fsp3) is 0.333. The average molecular weight is 275 g/mol. The number of hydrogen-bond acceptors (Lipinski definition) is 4. The van der Waals surface area contributed by atoms with Crippen molar-refractivity contribution < 1.29 is 9.13 Å². The molecule has 1 aromatic carbocycles. The van der Waals surface area contributed by atoms with Gasteiger partial charge in [0.2, 0.25) is 5.88 Å². The molecule has 4 nitrogen and oxygen atoms in total. The minimum absolute atomic E-state index is 0.177. The lowest BCUT2D eigenvalue weighted by molar-refractivity contribution is 0.420. The minimum Gasteiger partial charge on any atom is -0.435 e. The third-order valence-corrected chi connectivity index (χ3v) is 3.06. The molecule has 0 saturated carbocycles. The van der Waals surface area contributed by atoms with Crippen LogP contribution >= 0.6 is 0 Å². The van der Waals surface area contributed by atoms with E-state index in [1.807, 2.05) is 13.8 Å². The first kappa shape index (κ1) is 14.2. The Balaban J connectivity index is 2.45. The van der Waals surface area contributed by atoms with Crippen molar-refractivity contribution in [2.45, 2.75) is 27.2 Å². The normalized spacial score (nSPS) is 10.4. The fourth-order valence-electron chi connectivity index (χ4n) is 1.84. The molecule has 1 heterocycles. The summed E-state index contributed by atoms with van der Waals surface area (Å²) < 4.78 is 19.6. The molecule has 0 aliphatic rings. The molecule has 0 radical (unpaired) electrons. The predicted octanol–water partition coefficient (Wildman–Crippen LogP) is 3.63. The van der Waals surface area contributed by atoms with Gasteiger partial charge < -0.3 is 10.1 Å². The van der Waals surface area contributed by atoms with Gasteiger partial charge in [-0.1, -0.05) is 19.1 Å². The van der Waals surface area contributed by atoms with Crippen LogP contribution in [0.3, 0.4) is 0 Å². The fourth-order valence-corrected chi connectivity index (χ4v) is 1.84. The van der Waals surface area contributed by atoms with Crippen LogP contribution < -0.4 is 10.1 Å². The second-order valence-corrected chi connectivity index (χ2v) is 4.51. The van der Waals surface area contributed by atoms with Crippen LogP contribution in [0.15, 0.2) is 18.2 Å². The first-order valence-corrected chi connectivity index (χ1v) is 6.55. The van der Waals surface area contributed by atoms with E-state index in [1.54, 1.807) is 32.2 Å². The largest absolute Gasteiger partial charge is 0.435 e. The monoisotopic (exact) mass is 275 g/mol. The van der Waals surface area contributed by atoms with E-state index in [0.29, 0.717) is 29.5 Å². The number of nitrogens with zero attached hydrogens (tertiary/aromatic N) is 2. The van der Waals surface area contributed by atoms with Crippen LogP contribution in [0.5, 0.6) is 11.6 Å². The highest BCUT2D eigenvalue weighted by Crippen LogP contribution is 2.29. The molecule has 0 amide bonds. The Labute approximate surface area is 118 Å². The van der Waals surface area contributed by atoms with Crippen molar-refractivity contribution in [1.29, 1.82) is 0 Å². The molecule has 1 N–H and O–H groups in total. The summed E-state index contributed by atoms with van der Waals surface area (Å²) in [6.45, 7) is 5.50. The number of halogens is 1. The van der Waals surface area contributed by atoms with Crippen LogP contribution in [0.2, 0.25) is 0 Å². The molecule has 20 heavy (non-hydrogen) atoms. The first-order valence-electron chi connectivity index (χ1n) is 6.55. The molecule has 0 aliphatic heterocycles. The lowest BCUT2D eigenvalue weighted by atomic mass is 10.2. The standard InChI is InChI=1S/C15H18FN3O/c1-5-12-18-14(17-4)10(3)15(19-12)20-11-8-6-7-9(2)13(11)16/h6-8H,5H2,1-4H3,(H,17,18,19). The highest BCUT2D eigenvalue weighted by atomic mass is 19.1. The lowest BCUT2D eigenvalue weighted by Gasteiger charge is -2.13. The molecule has 106 valence electrons. The van der Waals surface area contributed by atoms with Crippen LogP contribution in [-0.4, -0.2) is 17.0 Å². The molecular formula is C15H18FN3O. The van der Waals surface area contributed by atoms with Gasteiger partial charge in [-0.2, -0.15) is 4.98 Å². The highest BCUT2D eigenvalue weighted by molar-refractivity contribution is 5.49. The van der Waals surface area contributed by atoms with Gasteiger partial charge in [0.1, 0.15) is 11.6 Å². The average Bonchev–Trinajstić information content (AvgIpc) is 2.45. The second-order valence-electron chi connectivity index (χ2n) is 4.51. The molecule has 0 aliphatic carbocycles. The molecule has 0 spiro atoms. The van der Waals surface area contributed by atoms with E-state index in [0.717, 1.165) is 5.56 Å². The summed E-state index contributed by atoms with van der Waals surface area (Å²) in [6.07, 6.45) is 0.682. The van der Waals surface area contributed by atoms with Gasteiger partial charge in [-0.05, 0) is 25.5 Å². The third kappa shape index (κ3) is 2.71. The van der Waals surface area contributed by atoms with E-state index in [-0.39, 0.29) is 11.6 Å². The second kappa shape index (κ2) is 5.86. The van der Waals surface area contributed by atoms with Crippen molar-refractivity contribution in [1.82, 2.24) is 9.97 Å². The Morgan fingerprint density at radius 2 is 2.00 bits per heavy atom. The zero-order chi connectivity index (χ0) is 14.7. The quantitative estimate of drug-likeness (QED) is 0.925. The SMILES string of the molecule is CCc1nc(NC)c(C)c(Oc2cccc(C)c2F)n1. The Morgan fingerprint density at radius 1 is 1.25 bits per heavy atom. The molecule has 0 saturated heterocycles. The van der Waals surface area contributed by atoms with E-state index in [9.17, 15) is 4.39 Å². The van der Waals surface area contributed by atoms with Crippen molar-refractivity contribution in [2.24, 2.45) is 0 Å². The number of hydrogen-bond donors (Lipinski definition) is 1. The summed E-state index contributed by atoms with van der Waals surface area (Å²) in [5.41, 5.74) is 1.30. The molecule has 0 atom stereocenters. The molecule has 0 bridgehead atoms. The zero-order valence-electron chi connectivity index (χ0n) is 12.1. The Hall–Kier alpha value is -2.17. The summed E-state index contributed by atoms with van der Waals surface area (Å²) in [5.74, 6) is 1.54. The van der Waals surface area contributed by atoms with Crippen LogP contribution in [0.4, 0.5) is 10.2 Å². The summed E-state index contributed by atoms with van der Waals surface area (Å²) in [4.78, 5) is 8.68. The Bertz CT molecular complexity index is 629. The van der Waals surface area contributed by atoms with Gasteiger partial charge in [-0.3, -0.25) is 0 Å². The van der Waals surface area contributed by atoms with Crippen molar-refractivity contribution >= 4 is 5.82 Å². The Morgan fingerprint density at radius 3 is 2.65 bits per heavy atom. The van der Waals surface area contributed by atoms with Gasteiger partial charge in [0.15, 0.2) is 11.6 Å². The number of nitrogens with one attached hydrogen (secondary N) is 1. The molecule has 1 aromatic heterocycles. The maximum absolute atomic E-state index is 14.0. The summed E-state index contributed by atoms with van der Waals surface area (Å²) in [6, 6.07) is 5.05. The van der Waals surface area contributed by atoms with Crippen molar-refractivity contribution in [2.75, 3.05) is 12.4 Å². The predicted molar refractivity (Wildman–Crippen MR) is 76.9 cm³/mol. The van der Waals surface area contributed by atoms with Crippen molar-refractivity contribution in [3.63, 3.8) is 0 Å². The van der Waals surface area contributed by atoms with E-state index in [1.165, 1.54) is 0 Å². The summed E-state index contributed by atoms with van der Waals surface area (Å²) in [7, 11) is 1.78. The van der Waals surface area contributed by atoms with Gasteiger partial charge in [-0.15, -0.1) is 0 Å². The third-order valence-electron chi connectivity index (χ3n) is 3.06. The van der Waals surface area contributed by atoms with E-state index in [4.69, 9.17) is 4.74 Å². The Kier molecular flexibility index (Phi) is 4.17. The number of benzene rings is 1. The number of anilines is 1. The van der Waals surface area contributed by atoms with Gasteiger partial charge in [-0.25, -0.2) is 9.37 Å². The van der Waals surface area contributed by atoms with Crippen LogP contribution in [0.1, 0.15) is 23.9 Å². The number of rotatable bonds is 4. The van der Waals surface area contributed by atoms with Gasteiger partial charge in [0, 0.05) is 13.5 Å². The molecule has 5 heteroatoms. The first-order chi connectivity index (χ1) is 9.56. The number of ether oxygens (including phenoxy) is 1. The molecule has 2 aromatic rings. The number of aromatic nitrogens is 2. The van der Waals surface area contributed by atoms with Crippen molar-refractivity contribution in [3.05, 3.63) is 41.0 Å². The topological polar surface area (TPSA) is 47.0 Å². The molecule has 2 rings (SSSR count). The van der Waals surface area contributed by atoms with Crippen molar-refractivity contribution in [3.8, 4) is 11.6 Å².